The standard InChI is InChI=1S/C31H27N7O/c1-21-33-22(2)38(35-21)26-15-13-25(14-16-26)34-30-19-24(17-18-32-30)31-27(23-9-5-4-6-10-23)20-37(36-31)28-11-7-8-12-29(28)39-3/h4-20H,1-3H3,(H,32,34). The van der Waals surface area contributed by atoms with Crippen molar-refractivity contribution in [2.75, 3.05) is 12.4 Å². The second kappa shape index (κ2) is 10.3. The van der Waals surface area contributed by atoms with Crippen molar-refractivity contribution in [3.05, 3.63) is 115 Å². The fraction of sp³-hybridized carbons (Fsp3) is 0.0968. The first kappa shape index (κ1) is 24.1. The van der Waals surface area contributed by atoms with Crippen molar-refractivity contribution < 1.29 is 4.74 Å². The van der Waals surface area contributed by atoms with Gasteiger partial charge in [0.1, 0.15) is 34.6 Å². The number of anilines is 2. The molecule has 0 spiro atoms. The van der Waals surface area contributed by atoms with Gasteiger partial charge < -0.3 is 10.1 Å². The number of aryl methyl sites for hydroxylation is 2. The van der Waals surface area contributed by atoms with Crippen LogP contribution in [-0.2, 0) is 0 Å². The first-order chi connectivity index (χ1) is 19.1. The van der Waals surface area contributed by atoms with Crippen LogP contribution in [0.2, 0.25) is 0 Å². The minimum atomic E-state index is 0.721. The van der Waals surface area contributed by atoms with Crippen LogP contribution in [0.1, 0.15) is 11.6 Å². The Labute approximate surface area is 226 Å². The molecule has 0 bridgehead atoms. The maximum atomic E-state index is 5.60. The summed E-state index contributed by atoms with van der Waals surface area (Å²) in [6.45, 7) is 3.83. The highest BCUT2D eigenvalue weighted by molar-refractivity contribution is 5.82. The van der Waals surface area contributed by atoms with Gasteiger partial charge in [0.25, 0.3) is 0 Å². The number of rotatable bonds is 7. The van der Waals surface area contributed by atoms with Crippen LogP contribution >= 0.6 is 0 Å². The van der Waals surface area contributed by atoms with Gasteiger partial charge in [0.2, 0.25) is 0 Å². The van der Waals surface area contributed by atoms with Gasteiger partial charge in [-0.3, -0.25) is 0 Å². The van der Waals surface area contributed by atoms with Gasteiger partial charge in [0.15, 0.2) is 0 Å². The summed E-state index contributed by atoms with van der Waals surface area (Å²) < 4.78 is 9.31. The Hall–Kier alpha value is -5.24. The van der Waals surface area contributed by atoms with Crippen LogP contribution < -0.4 is 10.1 Å². The van der Waals surface area contributed by atoms with E-state index in [4.69, 9.17) is 9.84 Å². The van der Waals surface area contributed by atoms with Gasteiger partial charge in [-0.1, -0.05) is 42.5 Å². The van der Waals surface area contributed by atoms with Crippen LogP contribution in [0.4, 0.5) is 11.5 Å². The molecule has 3 aromatic carbocycles. The molecule has 0 amide bonds. The fourth-order valence-corrected chi connectivity index (χ4v) is 4.60. The summed E-state index contributed by atoms with van der Waals surface area (Å²) in [4.78, 5) is 8.95. The highest BCUT2D eigenvalue weighted by Gasteiger charge is 2.16. The number of ether oxygens (including phenoxy) is 1. The molecule has 192 valence electrons. The molecule has 0 atom stereocenters. The van der Waals surface area contributed by atoms with E-state index in [9.17, 15) is 0 Å². The number of nitrogens with one attached hydrogen (secondary N) is 1. The quantitative estimate of drug-likeness (QED) is 0.261. The molecular weight excluding hydrogens is 486 g/mol. The normalized spacial score (nSPS) is 10.9. The van der Waals surface area contributed by atoms with Gasteiger partial charge >= 0.3 is 0 Å². The predicted octanol–water partition coefficient (Wildman–Crippen LogP) is 6.55. The average Bonchev–Trinajstić information content (AvgIpc) is 3.57. The van der Waals surface area contributed by atoms with Gasteiger partial charge in [0.05, 0.1) is 12.8 Å². The molecule has 0 saturated carbocycles. The van der Waals surface area contributed by atoms with Gasteiger partial charge in [-0.2, -0.15) is 10.2 Å². The molecule has 0 aliphatic carbocycles. The lowest BCUT2D eigenvalue weighted by Crippen LogP contribution is -2.00. The summed E-state index contributed by atoms with van der Waals surface area (Å²) in [7, 11) is 1.67. The van der Waals surface area contributed by atoms with Gasteiger partial charge in [0, 0.05) is 29.2 Å². The highest BCUT2D eigenvalue weighted by Crippen LogP contribution is 2.34. The molecule has 6 aromatic rings. The van der Waals surface area contributed by atoms with Gasteiger partial charge in [-0.15, -0.1) is 0 Å². The zero-order valence-corrected chi connectivity index (χ0v) is 21.9. The summed E-state index contributed by atoms with van der Waals surface area (Å²) >= 11 is 0. The van der Waals surface area contributed by atoms with Crippen LogP contribution in [0, 0.1) is 13.8 Å². The number of para-hydroxylation sites is 2. The molecular formula is C31H27N7O. The van der Waals surface area contributed by atoms with Crippen molar-refractivity contribution in [2.24, 2.45) is 0 Å². The van der Waals surface area contributed by atoms with Crippen molar-refractivity contribution in [1.29, 1.82) is 0 Å². The minimum Gasteiger partial charge on any atom is -0.494 e. The molecule has 0 aliphatic rings. The van der Waals surface area contributed by atoms with E-state index >= 15 is 0 Å². The van der Waals surface area contributed by atoms with Crippen LogP contribution in [0.15, 0.2) is 103 Å². The molecule has 8 nitrogen and oxygen atoms in total. The van der Waals surface area contributed by atoms with E-state index in [1.54, 1.807) is 13.3 Å². The van der Waals surface area contributed by atoms with E-state index in [-0.39, 0.29) is 0 Å². The average molecular weight is 514 g/mol. The molecule has 0 unspecified atom stereocenters. The minimum absolute atomic E-state index is 0.721. The summed E-state index contributed by atoms with van der Waals surface area (Å²) in [6, 6.07) is 30.1. The van der Waals surface area contributed by atoms with Crippen molar-refractivity contribution in [3.8, 4) is 39.5 Å². The highest BCUT2D eigenvalue weighted by atomic mass is 16.5. The molecule has 3 heterocycles. The largest absolute Gasteiger partial charge is 0.494 e. The van der Waals surface area contributed by atoms with E-state index in [0.29, 0.717) is 0 Å². The Morgan fingerprint density at radius 1 is 0.795 bits per heavy atom. The molecule has 0 saturated heterocycles. The molecule has 0 fully saturated rings. The Morgan fingerprint density at radius 2 is 1.56 bits per heavy atom. The van der Waals surface area contributed by atoms with E-state index in [2.05, 4.69) is 32.5 Å². The number of nitrogens with zero attached hydrogens (tertiary/aromatic N) is 6. The second-order valence-electron chi connectivity index (χ2n) is 9.09. The lowest BCUT2D eigenvalue weighted by molar-refractivity contribution is 0.412. The molecule has 0 aliphatic heterocycles. The predicted molar refractivity (Wildman–Crippen MR) is 153 cm³/mol. The number of benzene rings is 3. The Morgan fingerprint density at radius 3 is 2.31 bits per heavy atom. The number of hydrogen-bond donors (Lipinski definition) is 1. The first-order valence-corrected chi connectivity index (χ1v) is 12.6. The van der Waals surface area contributed by atoms with E-state index < -0.39 is 0 Å². The van der Waals surface area contributed by atoms with Crippen molar-refractivity contribution >= 4 is 11.5 Å². The molecule has 3 aromatic heterocycles. The lowest BCUT2D eigenvalue weighted by Gasteiger charge is -2.09. The summed E-state index contributed by atoms with van der Waals surface area (Å²) in [6.07, 6.45) is 3.84. The molecule has 39 heavy (non-hydrogen) atoms. The maximum Gasteiger partial charge on any atom is 0.148 e. The Balaban J connectivity index is 1.35. The first-order valence-electron chi connectivity index (χ1n) is 12.6. The number of hydrogen-bond acceptors (Lipinski definition) is 6. The van der Waals surface area contributed by atoms with E-state index in [0.717, 1.165) is 62.7 Å². The van der Waals surface area contributed by atoms with Gasteiger partial charge in [-0.05, 0) is 67.9 Å². The number of aromatic nitrogens is 6. The summed E-state index contributed by atoms with van der Waals surface area (Å²) in [5.41, 5.74) is 6.63. The number of methoxy groups -OCH3 is 1. The third kappa shape index (κ3) is 4.87. The zero-order chi connectivity index (χ0) is 26.8. The third-order valence-corrected chi connectivity index (χ3v) is 6.42. The molecule has 6 rings (SSSR count). The molecule has 0 radical (unpaired) electrons. The monoisotopic (exact) mass is 513 g/mol. The van der Waals surface area contributed by atoms with Crippen LogP contribution in [0.3, 0.4) is 0 Å². The summed E-state index contributed by atoms with van der Waals surface area (Å²) in [5, 5.41) is 12.9. The summed E-state index contributed by atoms with van der Waals surface area (Å²) in [5.74, 6) is 3.07. The van der Waals surface area contributed by atoms with E-state index in [1.165, 1.54) is 0 Å². The Kier molecular flexibility index (Phi) is 6.34. The maximum absolute atomic E-state index is 5.60. The molecule has 1 N–H and O–H groups in total. The number of pyridine rings is 1. The fourth-order valence-electron chi connectivity index (χ4n) is 4.60. The van der Waals surface area contributed by atoms with Crippen molar-refractivity contribution in [1.82, 2.24) is 29.5 Å². The van der Waals surface area contributed by atoms with Crippen LogP contribution in [-0.4, -0.2) is 36.6 Å². The smallest absolute Gasteiger partial charge is 0.148 e. The van der Waals surface area contributed by atoms with Gasteiger partial charge in [-0.25, -0.2) is 19.3 Å². The van der Waals surface area contributed by atoms with Crippen molar-refractivity contribution in [2.45, 2.75) is 13.8 Å². The second-order valence-corrected chi connectivity index (χ2v) is 9.09. The Bertz CT molecular complexity index is 1740. The van der Waals surface area contributed by atoms with E-state index in [1.807, 2.05) is 108 Å². The third-order valence-electron chi connectivity index (χ3n) is 6.42. The lowest BCUT2D eigenvalue weighted by atomic mass is 10.0. The van der Waals surface area contributed by atoms with Crippen LogP contribution in [0.5, 0.6) is 5.75 Å². The van der Waals surface area contributed by atoms with Crippen molar-refractivity contribution in [3.63, 3.8) is 0 Å². The van der Waals surface area contributed by atoms with Crippen LogP contribution in [0.25, 0.3) is 33.8 Å². The molecule has 8 heteroatoms. The zero-order valence-electron chi connectivity index (χ0n) is 21.9. The topological polar surface area (TPSA) is 82.7 Å². The SMILES string of the molecule is COc1ccccc1-n1cc(-c2ccccc2)c(-c2ccnc(Nc3ccc(-n4nc(C)nc4C)cc3)c2)n1.